The highest BCUT2D eigenvalue weighted by Crippen LogP contribution is 2.34. The summed E-state index contributed by atoms with van der Waals surface area (Å²) in [7, 11) is 0. The van der Waals surface area contributed by atoms with Gasteiger partial charge in [-0.25, -0.2) is 0 Å². The summed E-state index contributed by atoms with van der Waals surface area (Å²) in [4.78, 5) is 0. The van der Waals surface area contributed by atoms with Crippen LogP contribution in [-0.4, -0.2) is 13.2 Å². The molecule has 0 atom stereocenters. The van der Waals surface area contributed by atoms with Crippen LogP contribution in [0.4, 0.5) is 0 Å². The topological polar surface area (TPSA) is 42.2 Å². The average molecular weight is 387 g/mol. The van der Waals surface area contributed by atoms with Gasteiger partial charge in [0.2, 0.25) is 0 Å². The van der Waals surface area contributed by atoms with Crippen LogP contribution < -0.4 is 9.47 Å². The van der Waals surface area contributed by atoms with Gasteiger partial charge in [0.15, 0.2) is 0 Å². The molecule has 3 nitrogen and oxygen atoms in total. The highest BCUT2D eigenvalue weighted by Gasteiger charge is 2.07. The largest absolute Gasteiger partial charge is 0.489 e. The summed E-state index contributed by atoms with van der Waals surface area (Å²) >= 11 is 15.3. The highest BCUT2D eigenvalue weighted by atomic mass is 79.9. The van der Waals surface area contributed by atoms with E-state index in [1.807, 2.05) is 6.07 Å². The second-order valence-electron chi connectivity index (χ2n) is 4.00. The molecule has 21 heavy (non-hydrogen) atoms. The third-order valence-corrected chi connectivity index (χ3v) is 4.07. The van der Waals surface area contributed by atoms with Gasteiger partial charge in [0.25, 0.3) is 0 Å². The molecule has 2 aromatic rings. The summed E-state index contributed by atoms with van der Waals surface area (Å²) in [5.41, 5.74) is 0.488. The van der Waals surface area contributed by atoms with Crippen molar-refractivity contribution >= 4 is 39.1 Å². The Kier molecular flexibility index (Phi) is 5.75. The summed E-state index contributed by atoms with van der Waals surface area (Å²) in [5, 5.41) is 9.93. The van der Waals surface area contributed by atoms with Gasteiger partial charge in [-0.1, -0.05) is 35.3 Å². The van der Waals surface area contributed by atoms with Crippen molar-refractivity contribution < 1.29 is 9.47 Å². The van der Waals surface area contributed by atoms with Crippen LogP contribution in [0, 0.1) is 11.3 Å². The summed E-state index contributed by atoms with van der Waals surface area (Å²) in [6.45, 7) is 0.583. The number of rotatable bonds is 5. The van der Waals surface area contributed by atoms with E-state index in [2.05, 4.69) is 22.0 Å². The molecule has 0 fully saturated rings. The zero-order chi connectivity index (χ0) is 15.2. The summed E-state index contributed by atoms with van der Waals surface area (Å²) < 4.78 is 11.7. The SMILES string of the molecule is N#Cc1ccccc1OCCOc1cc(Cl)c(Br)cc1Cl. The number of halogens is 3. The van der Waals surface area contributed by atoms with Gasteiger partial charge in [-0.2, -0.15) is 5.26 Å². The van der Waals surface area contributed by atoms with Crippen molar-refractivity contribution in [3.63, 3.8) is 0 Å². The Morgan fingerprint density at radius 1 is 1.00 bits per heavy atom. The third kappa shape index (κ3) is 4.28. The Labute approximate surface area is 141 Å². The second kappa shape index (κ2) is 7.56. The zero-order valence-electron chi connectivity index (χ0n) is 10.8. The van der Waals surface area contributed by atoms with Crippen molar-refractivity contribution in [1.29, 1.82) is 5.26 Å². The van der Waals surface area contributed by atoms with Crippen LogP contribution in [0.2, 0.25) is 10.0 Å². The number of benzene rings is 2. The van der Waals surface area contributed by atoms with Crippen LogP contribution >= 0.6 is 39.1 Å². The first-order chi connectivity index (χ1) is 10.1. The lowest BCUT2D eigenvalue weighted by Gasteiger charge is -2.11. The smallest absolute Gasteiger partial charge is 0.139 e. The summed E-state index contributed by atoms with van der Waals surface area (Å²) in [5.74, 6) is 1.02. The van der Waals surface area contributed by atoms with Gasteiger partial charge < -0.3 is 9.47 Å². The van der Waals surface area contributed by atoms with Crippen LogP contribution in [0.3, 0.4) is 0 Å². The van der Waals surface area contributed by atoms with Gasteiger partial charge in [-0.15, -0.1) is 0 Å². The molecule has 0 spiro atoms. The minimum Gasteiger partial charge on any atom is -0.489 e. The fourth-order valence-corrected chi connectivity index (χ4v) is 2.45. The molecule has 0 aromatic heterocycles. The predicted molar refractivity (Wildman–Crippen MR) is 86.3 cm³/mol. The van der Waals surface area contributed by atoms with E-state index in [1.54, 1.807) is 30.3 Å². The number of nitrogens with zero attached hydrogens (tertiary/aromatic N) is 1. The van der Waals surface area contributed by atoms with E-state index in [1.165, 1.54) is 0 Å². The molecule has 2 aromatic carbocycles. The molecular formula is C15H10BrCl2NO2. The molecule has 0 aliphatic carbocycles. The van der Waals surface area contributed by atoms with Gasteiger partial charge in [-0.05, 0) is 34.1 Å². The second-order valence-corrected chi connectivity index (χ2v) is 5.67. The van der Waals surface area contributed by atoms with Gasteiger partial charge in [-0.3, -0.25) is 0 Å². The van der Waals surface area contributed by atoms with Gasteiger partial charge in [0.05, 0.1) is 15.6 Å². The van der Waals surface area contributed by atoms with Gasteiger partial charge >= 0.3 is 0 Å². The van der Waals surface area contributed by atoms with Crippen LogP contribution in [0.15, 0.2) is 40.9 Å². The van der Waals surface area contributed by atoms with E-state index in [0.29, 0.717) is 38.2 Å². The Balaban J connectivity index is 1.91. The third-order valence-electron chi connectivity index (χ3n) is 2.58. The predicted octanol–water partition coefficient (Wildman–Crippen LogP) is 5.09. The van der Waals surface area contributed by atoms with Crippen LogP contribution in [0.1, 0.15) is 5.56 Å². The first kappa shape index (κ1) is 16.0. The number of hydrogen-bond donors (Lipinski definition) is 0. The van der Waals surface area contributed by atoms with Gasteiger partial charge in [0, 0.05) is 10.5 Å². The lowest BCUT2D eigenvalue weighted by Crippen LogP contribution is -2.09. The quantitative estimate of drug-likeness (QED) is 0.531. The molecule has 108 valence electrons. The molecule has 0 amide bonds. The van der Waals surface area contributed by atoms with Crippen LogP contribution in [0.5, 0.6) is 11.5 Å². The molecule has 0 bridgehead atoms. The van der Waals surface area contributed by atoms with E-state index in [-0.39, 0.29) is 6.61 Å². The maximum absolute atomic E-state index is 8.95. The Hall–Kier alpha value is -1.41. The van der Waals surface area contributed by atoms with Crippen molar-refractivity contribution in [2.24, 2.45) is 0 Å². The maximum atomic E-state index is 8.95. The summed E-state index contributed by atoms with van der Waals surface area (Å²) in [6, 6.07) is 12.4. The first-order valence-electron chi connectivity index (χ1n) is 6.01. The molecule has 0 aliphatic rings. The zero-order valence-corrected chi connectivity index (χ0v) is 13.9. The fraction of sp³-hybridized carbons (Fsp3) is 0.133. The highest BCUT2D eigenvalue weighted by molar-refractivity contribution is 9.10. The van der Waals surface area contributed by atoms with Crippen LogP contribution in [-0.2, 0) is 0 Å². The van der Waals surface area contributed by atoms with E-state index < -0.39 is 0 Å². The van der Waals surface area contributed by atoms with Crippen molar-refractivity contribution in [2.45, 2.75) is 0 Å². The molecule has 0 aliphatic heterocycles. The fourth-order valence-electron chi connectivity index (χ4n) is 1.60. The Morgan fingerprint density at radius 3 is 2.38 bits per heavy atom. The average Bonchev–Trinajstić information content (AvgIpc) is 2.49. The molecule has 6 heteroatoms. The van der Waals surface area contributed by atoms with Crippen molar-refractivity contribution in [2.75, 3.05) is 13.2 Å². The molecule has 0 N–H and O–H groups in total. The lowest BCUT2D eigenvalue weighted by atomic mass is 10.2. The minimum absolute atomic E-state index is 0.289. The molecule has 0 heterocycles. The van der Waals surface area contributed by atoms with E-state index in [4.69, 9.17) is 37.9 Å². The van der Waals surface area contributed by atoms with Crippen molar-refractivity contribution in [3.05, 3.63) is 56.5 Å². The number of nitriles is 1. The van der Waals surface area contributed by atoms with Crippen molar-refractivity contribution in [1.82, 2.24) is 0 Å². The molecule has 0 unspecified atom stereocenters. The molecule has 0 saturated carbocycles. The maximum Gasteiger partial charge on any atom is 0.139 e. The van der Waals surface area contributed by atoms with Crippen molar-refractivity contribution in [3.8, 4) is 17.6 Å². The van der Waals surface area contributed by atoms with Gasteiger partial charge in [0.1, 0.15) is 30.8 Å². The normalized spacial score (nSPS) is 10.0. The van der Waals surface area contributed by atoms with E-state index in [0.717, 1.165) is 0 Å². The molecule has 0 radical (unpaired) electrons. The Bertz CT molecular complexity index is 686. The van der Waals surface area contributed by atoms with E-state index in [9.17, 15) is 0 Å². The Morgan fingerprint density at radius 2 is 1.67 bits per heavy atom. The lowest BCUT2D eigenvalue weighted by molar-refractivity contribution is 0.217. The molecule has 2 rings (SSSR count). The van der Waals surface area contributed by atoms with E-state index >= 15 is 0 Å². The summed E-state index contributed by atoms with van der Waals surface area (Å²) in [6.07, 6.45) is 0. The van der Waals surface area contributed by atoms with Crippen LogP contribution in [0.25, 0.3) is 0 Å². The number of para-hydroxylation sites is 1. The number of hydrogen-bond acceptors (Lipinski definition) is 3. The number of ether oxygens (including phenoxy) is 2. The minimum atomic E-state index is 0.289. The monoisotopic (exact) mass is 385 g/mol. The molecule has 0 saturated heterocycles. The molecular weight excluding hydrogens is 377 g/mol. The standard InChI is InChI=1S/C15H10BrCl2NO2/c16-11-7-13(18)15(8-12(11)17)21-6-5-20-14-4-2-1-3-10(14)9-19/h1-4,7-8H,5-6H2. The first-order valence-corrected chi connectivity index (χ1v) is 7.56.